The van der Waals surface area contributed by atoms with Gasteiger partial charge in [-0.25, -0.2) is 9.18 Å². The Bertz CT molecular complexity index is 535. The van der Waals surface area contributed by atoms with Gasteiger partial charge in [0.1, 0.15) is 29.4 Å². The Morgan fingerprint density at radius 1 is 1.35 bits per heavy atom. The number of halogens is 1. The molecule has 5 nitrogen and oxygen atoms in total. The van der Waals surface area contributed by atoms with Crippen molar-refractivity contribution in [2.24, 2.45) is 0 Å². The van der Waals surface area contributed by atoms with Crippen molar-refractivity contribution < 1.29 is 23.9 Å². The highest BCUT2D eigenvalue weighted by Crippen LogP contribution is 2.23. The predicted molar refractivity (Wildman–Crippen MR) is 53.9 cm³/mol. The molecule has 0 saturated heterocycles. The number of carboxylic acid groups (broad SMARTS) is 1. The second-order valence-corrected chi connectivity index (χ2v) is 3.37. The number of rotatable bonds is 3. The number of hydrogen-bond acceptors (Lipinski definition) is 4. The first kappa shape index (κ1) is 11.3. The van der Waals surface area contributed by atoms with Gasteiger partial charge in [-0.2, -0.15) is 0 Å². The maximum atomic E-state index is 12.7. The molecule has 1 aromatic heterocycles. The summed E-state index contributed by atoms with van der Waals surface area (Å²) >= 11 is 0. The zero-order valence-corrected chi connectivity index (χ0v) is 8.50. The molecule has 2 N–H and O–H groups in total. The van der Waals surface area contributed by atoms with Gasteiger partial charge in [-0.15, -0.1) is 0 Å². The van der Waals surface area contributed by atoms with Gasteiger partial charge in [-0.05, 0) is 17.7 Å². The summed E-state index contributed by atoms with van der Waals surface area (Å²) in [7, 11) is 0. The summed E-state index contributed by atoms with van der Waals surface area (Å²) in [6.07, 6.45) is -0.329. The van der Waals surface area contributed by atoms with E-state index in [-0.39, 0.29) is 11.3 Å². The van der Waals surface area contributed by atoms with Crippen molar-refractivity contribution in [2.45, 2.75) is 6.10 Å². The van der Waals surface area contributed by atoms with E-state index in [1.807, 2.05) is 0 Å². The van der Waals surface area contributed by atoms with Crippen LogP contribution in [0.1, 0.15) is 27.7 Å². The van der Waals surface area contributed by atoms with Crippen molar-refractivity contribution in [3.63, 3.8) is 0 Å². The molecule has 1 heterocycles. The molecule has 17 heavy (non-hydrogen) atoms. The average molecular weight is 237 g/mol. The zero-order valence-electron chi connectivity index (χ0n) is 8.50. The lowest BCUT2D eigenvalue weighted by Gasteiger charge is -2.08. The Hall–Kier alpha value is -2.21. The van der Waals surface area contributed by atoms with Crippen molar-refractivity contribution >= 4 is 5.97 Å². The molecule has 0 saturated carbocycles. The minimum atomic E-state index is -1.26. The van der Waals surface area contributed by atoms with E-state index in [9.17, 15) is 14.3 Å². The molecule has 0 aliphatic heterocycles. The van der Waals surface area contributed by atoms with E-state index in [1.165, 1.54) is 24.3 Å². The van der Waals surface area contributed by atoms with Crippen molar-refractivity contribution in [3.05, 3.63) is 53.2 Å². The van der Waals surface area contributed by atoms with Crippen LogP contribution >= 0.6 is 0 Å². The van der Waals surface area contributed by atoms with Gasteiger partial charge in [0.25, 0.3) is 0 Å². The van der Waals surface area contributed by atoms with Gasteiger partial charge in [0.2, 0.25) is 0 Å². The third-order valence-corrected chi connectivity index (χ3v) is 2.27. The van der Waals surface area contributed by atoms with Crippen LogP contribution in [-0.4, -0.2) is 21.3 Å². The SMILES string of the molecule is O=C(O)c1conc1C(O)c1ccc(F)cc1. The quantitative estimate of drug-likeness (QED) is 0.846. The molecular weight excluding hydrogens is 229 g/mol. The number of aromatic carboxylic acids is 1. The van der Waals surface area contributed by atoms with Crippen LogP contribution < -0.4 is 0 Å². The number of hydrogen-bond donors (Lipinski definition) is 2. The summed E-state index contributed by atoms with van der Waals surface area (Å²) in [5, 5.41) is 22.2. The Kier molecular flexibility index (Phi) is 2.88. The van der Waals surface area contributed by atoms with Crippen LogP contribution in [0.25, 0.3) is 0 Å². The van der Waals surface area contributed by atoms with E-state index in [4.69, 9.17) is 5.11 Å². The molecule has 0 aliphatic rings. The maximum absolute atomic E-state index is 12.7. The molecule has 0 fully saturated rings. The van der Waals surface area contributed by atoms with Crippen LogP contribution in [0, 0.1) is 5.82 Å². The van der Waals surface area contributed by atoms with E-state index >= 15 is 0 Å². The summed E-state index contributed by atoms with van der Waals surface area (Å²) in [4.78, 5) is 10.8. The molecule has 1 unspecified atom stereocenters. The molecular formula is C11H8FNO4. The minimum absolute atomic E-state index is 0.107. The summed E-state index contributed by atoms with van der Waals surface area (Å²) in [6.45, 7) is 0. The van der Waals surface area contributed by atoms with Crippen molar-refractivity contribution in [1.29, 1.82) is 0 Å². The van der Waals surface area contributed by atoms with Crippen LogP contribution in [0.15, 0.2) is 35.1 Å². The lowest BCUT2D eigenvalue weighted by molar-refractivity contribution is 0.0691. The molecule has 0 amide bonds. The number of carbonyl (C=O) groups is 1. The lowest BCUT2D eigenvalue weighted by atomic mass is 10.0. The smallest absolute Gasteiger partial charge is 0.341 e. The molecule has 0 spiro atoms. The van der Waals surface area contributed by atoms with Gasteiger partial charge in [0.15, 0.2) is 0 Å². The predicted octanol–water partition coefficient (Wildman–Crippen LogP) is 1.59. The summed E-state index contributed by atoms with van der Waals surface area (Å²) in [5.41, 5.74) is 0.00809. The second kappa shape index (κ2) is 4.34. The van der Waals surface area contributed by atoms with E-state index in [0.29, 0.717) is 5.56 Å². The Labute approximate surface area is 95.1 Å². The van der Waals surface area contributed by atoms with E-state index in [2.05, 4.69) is 9.68 Å². The van der Waals surface area contributed by atoms with Gasteiger partial charge in [-0.3, -0.25) is 0 Å². The largest absolute Gasteiger partial charge is 0.478 e. The molecule has 2 rings (SSSR count). The normalized spacial score (nSPS) is 12.4. The number of aliphatic hydroxyl groups is 1. The zero-order chi connectivity index (χ0) is 12.4. The maximum Gasteiger partial charge on any atom is 0.341 e. The molecule has 2 aromatic rings. The van der Waals surface area contributed by atoms with Crippen LogP contribution in [-0.2, 0) is 0 Å². The summed E-state index contributed by atoms with van der Waals surface area (Å²) in [6, 6.07) is 5.03. The standard InChI is InChI=1S/C11H8FNO4/c12-7-3-1-6(2-4-7)10(14)9-8(11(15)16)5-17-13-9/h1-5,10,14H,(H,15,16). The first-order valence-electron chi connectivity index (χ1n) is 4.70. The Morgan fingerprint density at radius 2 is 2.00 bits per heavy atom. The van der Waals surface area contributed by atoms with Gasteiger partial charge >= 0.3 is 5.97 Å². The summed E-state index contributed by atoms with van der Waals surface area (Å²) in [5.74, 6) is -1.69. The second-order valence-electron chi connectivity index (χ2n) is 3.37. The number of aliphatic hydroxyl groups excluding tert-OH is 1. The van der Waals surface area contributed by atoms with Crippen LogP contribution in [0.2, 0.25) is 0 Å². The first-order valence-corrected chi connectivity index (χ1v) is 4.70. The molecule has 0 aliphatic carbocycles. The van der Waals surface area contributed by atoms with Gasteiger partial charge in [0, 0.05) is 0 Å². The number of benzene rings is 1. The summed E-state index contributed by atoms with van der Waals surface area (Å²) < 4.78 is 17.2. The van der Waals surface area contributed by atoms with Crippen molar-refractivity contribution in [2.75, 3.05) is 0 Å². The fraction of sp³-hybridized carbons (Fsp3) is 0.0909. The van der Waals surface area contributed by atoms with E-state index in [0.717, 1.165) is 6.26 Å². The molecule has 88 valence electrons. The molecule has 6 heteroatoms. The highest BCUT2D eigenvalue weighted by Gasteiger charge is 2.22. The van der Waals surface area contributed by atoms with Gasteiger partial charge in [0.05, 0.1) is 0 Å². The Morgan fingerprint density at radius 3 is 2.59 bits per heavy atom. The molecule has 0 radical (unpaired) electrons. The Balaban J connectivity index is 2.36. The highest BCUT2D eigenvalue weighted by atomic mass is 19.1. The van der Waals surface area contributed by atoms with E-state index < -0.39 is 17.9 Å². The molecule has 1 aromatic carbocycles. The van der Waals surface area contributed by atoms with Gasteiger partial charge < -0.3 is 14.7 Å². The third-order valence-electron chi connectivity index (χ3n) is 2.27. The first-order chi connectivity index (χ1) is 8.09. The van der Waals surface area contributed by atoms with Gasteiger partial charge in [-0.1, -0.05) is 17.3 Å². The number of carboxylic acids is 1. The monoisotopic (exact) mass is 237 g/mol. The highest BCUT2D eigenvalue weighted by molar-refractivity contribution is 5.88. The van der Waals surface area contributed by atoms with E-state index in [1.54, 1.807) is 0 Å². The van der Waals surface area contributed by atoms with Crippen molar-refractivity contribution in [3.8, 4) is 0 Å². The number of nitrogens with zero attached hydrogens (tertiary/aromatic N) is 1. The molecule has 0 bridgehead atoms. The molecule has 1 atom stereocenters. The van der Waals surface area contributed by atoms with Crippen LogP contribution in [0.3, 0.4) is 0 Å². The topological polar surface area (TPSA) is 83.6 Å². The van der Waals surface area contributed by atoms with Crippen LogP contribution in [0.5, 0.6) is 0 Å². The third kappa shape index (κ3) is 2.16. The fourth-order valence-electron chi connectivity index (χ4n) is 1.41. The van der Waals surface area contributed by atoms with Crippen LogP contribution in [0.4, 0.5) is 4.39 Å². The number of aromatic nitrogens is 1. The average Bonchev–Trinajstić information content (AvgIpc) is 2.78. The minimum Gasteiger partial charge on any atom is -0.478 e. The lowest BCUT2D eigenvalue weighted by Crippen LogP contribution is -2.07. The fourth-order valence-corrected chi connectivity index (χ4v) is 1.41. The van der Waals surface area contributed by atoms with Crippen molar-refractivity contribution in [1.82, 2.24) is 5.16 Å².